The molecule has 0 aliphatic carbocycles. The number of fused-ring (bicyclic) bond motifs is 6. The predicted molar refractivity (Wildman–Crippen MR) is 211 cm³/mol. The number of hydrogen-bond acceptors (Lipinski definition) is 3. The monoisotopic (exact) mass is 653 g/mol. The van der Waals surface area contributed by atoms with Gasteiger partial charge in [-0.25, -0.2) is 4.98 Å². The van der Waals surface area contributed by atoms with E-state index in [1.54, 1.807) is 0 Å². The van der Waals surface area contributed by atoms with E-state index in [9.17, 15) is 0 Å². The summed E-state index contributed by atoms with van der Waals surface area (Å²) in [5, 5.41) is 4.90. The van der Waals surface area contributed by atoms with E-state index < -0.39 is 0 Å². The fourth-order valence-corrected chi connectivity index (χ4v) is 7.46. The van der Waals surface area contributed by atoms with Crippen LogP contribution in [0.1, 0.15) is 0 Å². The number of oxazole rings is 1. The van der Waals surface area contributed by atoms with E-state index in [0.717, 1.165) is 44.9 Å². The Bertz CT molecular complexity index is 2840. The third-order valence-electron chi connectivity index (χ3n) is 9.79. The Hall–Kier alpha value is -6.91. The molecule has 0 atom stereocenters. The summed E-state index contributed by atoms with van der Waals surface area (Å²) in [5.41, 5.74) is 11.4. The minimum atomic E-state index is 0.611. The first-order valence-corrected chi connectivity index (χ1v) is 17.2. The first kappa shape index (κ1) is 29.0. The smallest absolute Gasteiger partial charge is 0.227 e. The molecule has 10 aromatic rings. The van der Waals surface area contributed by atoms with E-state index in [1.165, 1.54) is 38.2 Å². The average Bonchev–Trinajstić information content (AvgIpc) is 3.79. The Morgan fingerprint density at radius 1 is 0.490 bits per heavy atom. The van der Waals surface area contributed by atoms with Gasteiger partial charge in [-0.2, -0.15) is 0 Å². The van der Waals surface area contributed by atoms with E-state index in [-0.39, 0.29) is 0 Å². The highest BCUT2D eigenvalue weighted by atomic mass is 16.3. The molecule has 0 radical (unpaired) electrons. The summed E-state index contributed by atoms with van der Waals surface area (Å²) in [4.78, 5) is 7.32. The van der Waals surface area contributed by atoms with Crippen LogP contribution in [0, 0.1) is 0 Å². The summed E-state index contributed by atoms with van der Waals surface area (Å²) >= 11 is 0. The zero-order chi connectivity index (χ0) is 33.7. The van der Waals surface area contributed by atoms with Crippen LogP contribution < -0.4 is 4.90 Å². The van der Waals surface area contributed by atoms with Crippen molar-refractivity contribution in [2.45, 2.75) is 0 Å². The number of aromatic nitrogens is 2. The summed E-state index contributed by atoms with van der Waals surface area (Å²) in [6.07, 6.45) is 0. The topological polar surface area (TPSA) is 34.2 Å². The molecular formula is C47H31N3O. The summed E-state index contributed by atoms with van der Waals surface area (Å²) < 4.78 is 8.68. The lowest BCUT2D eigenvalue weighted by Gasteiger charge is -2.27. The molecule has 2 heterocycles. The van der Waals surface area contributed by atoms with Crippen molar-refractivity contribution in [3.8, 4) is 28.3 Å². The lowest BCUT2D eigenvalue weighted by Crippen LogP contribution is -2.11. The zero-order valence-electron chi connectivity index (χ0n) is 27.6. The zero-order valence-corrected chi connectivity index (χ0v) is 27.6. The number of rotatable bonds is 6. The normalized spacial score (nSPS) is 11.5. The second-order valence-corrected chi connectivity index (χ2v) is 12.8. The molecule has 4 heteroatoms. The highest BCUT2D eigenvalue weighted by molar-refractivity contribution is 6.23. The molecule has 51 heavy (non-hydrogen) atoms. The molecule has 240 valence electrons. The van der Waals surface area contributed by atoms with Gasteiger partial charge in [-0.1, -0.05) is 121 Å². The van der Waals surface area contributed by atoms with Crippen molar-refractivity contribution in [2.24, 2.45) is 0 Å². The molecule has 8 aromatic carbocycles. The molecule has 0 unspecified atom stereocenters. The Morgan fingerprint density at radius 3 is 1.92 bits per heavy atom. The summed E-state index contributed by atoms with van der Waals surface area (Å²) in [7, 11) is 0. The molecule has 0 aliphatic rings. The molecule has 0 spiro atoms. The van der Waals surface area contributed by atoms with Gasteiger partial charge in [-0.3, -0.25) is 0 Å². The molecule has 0 amide bonds. The van der Waals surface area contributed by atoms with Crippen molar-refractivity contribution in [1.82, 2.24) is 9.55 Å². The number of benzene rings is 8. The second-order valence-electron chi connectivity index (χ2n) is 12.8. The fraction of sp³-hybridized carbons (Fsp3) is 0. The van der Waals surface area contributed by atoms with Crippen LogP contribution in [0.5, 0.6) is 0 Å². The Balaban J connectivity index is 1.25. The average molecular weight is 654 g/mol. The van der Waals surface area contributed by atoms with Gasteiger partial charge in [0.15, 0.2) is 5.58 Å². The highest BCUT2D eigenvalue weighted by Gasteiger charge is 2.23. The van der Waals surface area contributed by atoms with Gasteiger partial charge >= 0.3 is 0 Å². The van der Waals surface area contributed by atoms with Crippen molar-refractivity contribution in [3.05, 3.63) is 188 Å². The van der Waals surface area contributed by atoms with Gasteiger partial charge in [0.25, 0.3) is 0 Å². The number of nitrogens with zero attached hydrogens (tertiary/aromatic N) is 3. The molecule has 0 N–H and O–H groups in total. The van der Waals surface area contributed by atoms with Crippen LogP contribution in [0.4, 0.5) is 17.1 Å². The minimum Gasteiger partial charge on any atom is -0.436 e. The van der Waals surface area contributed by atoms with Crippen LogP contribution in [0.25, 0.3) is 71.9 Å². The Morgan fingerprint density at radius 2 is 1.14 bits per heavy atom. The first-order chi connectivity index (χ1) is 25.3. The van der Waals surface area contributed by atoms with E-state index >= 15 is 0 Å². The molecule has 0 bridgehead atoms. The van der Waals surface area contributed by atoms with Crippen molar-refractivity contribution in [2.75, 3.05) is 4.90 Å². The van der Waals surface area contributed by atoms with Crippen LogP contribution in [0.15, 0.2) is 192 Å². The maximum Gasteiger partial charge on any atom is 0.227 e. The molecule has 0 saturated heterocycles. The number of anilines is 3. The van der Waals surface area contributed by atoms with Gasteiger partial charge in [0.1, 0.15) is 5.52 Å². The third-order valence-corrected chi connectivity index (χ3v) is 9.79. The third kappa shape index (κ3) is 4.88. The highest BCUT2D eigenvalue weighted by Crippen LogP contribution is 2.45. The van der Waals surface area contributed by atoms with Crippen molar-refractivity contribution in [3.63, 3.8) is 0 Å². The molecule has 0 aliphatic heterocycles. The van der Waals surface area contributed by atoms with Gasteiger partial charge in [-0.15, -0.1) is 0 Å². The molecule has 0 fully saturated rings. The van der Waals surface area contributed by atoms with Crippen LogP contribution in [0.3, 0.4) is 0 Å². The SMILES string of the molecule is c1ccc(-c2ccc(N(c3ccc4oc(-c5ccccc5)nc4c3)c3cccc4c5c6ccccc6ccc5n(-c5ccccc5)c34)cc2)cc1. The first-order valence-electron chi connectivity index (χ1n) is 17.2. The minimum absolute atomic E-state index is 0.611. The lowest BCUT2D eigenvalue weighted by atomic mass is 10.0. The van der Waals surface area contributed by atoms with Gasteiger partial charge in [0, 0.05) is 33.4 Å². The van der Waals surface area contributed by atoms with Crippen LogP contribution in [-0.4, -0.2) is 9.55 Å². The standard InChI is InChI=1S/C47H31N3O/c1-4-13-32(14-5-1)33-23-26-37(27-24-33)49(38-28-30-44-41(31-38)48-47(51-44)35-16-6-2-7-17-35)43-22-12-21-40-45-39-20-11-10-15-34(39)25-29-42(45)50(46(40)43)36-18-8-3-9-19-36/h1-31H. The summed E-state index contributed by atoms with van der Waals surface area (Å²) in [5.74, 6) is 0.611. The largest absolute Gasteiger partial charge is 0.436 e. The Kier molecular flexibility index (Phi) is 6.78. The van der Waals surface area contributed by atoms with Gasteiger partial charge in [0.05, 0.1) is 16.7 Å². The number of hydrogen-bond donors (Lipinski definition) is 0. The van der Waals surface area contributed by atoms with Gasteiger partial charge in [-0.05, 0) is 88.6 Å². The molecule has 2 aromatic heterocycles. The van der Waals surface area contributed by atoms with Gasteiger partial charge < -0.3 is 13.9 Å². The van der Waals surface area contributed by atoms with Crippen LogP contribution in [-0.2, 0) is 0 Å². The maximum atomic E-state index is 6.26. The van der Waals surface area contributed by atoms with Crippen molar-refractivity contribution >= 4 is 60.7 Å². The Labute approximate surface area is 295 Å². The molecule has 0 saturated carbocycles. The maximum absolute atomic E-state index is 6.26. The quantitative estimate of drug-likeness (QED) is 0.179. The van der Waals surface area contributed by atoms with E-state index in [0.29, 0.717) is 5.89 Å². The molecule has 10 rings (SSSR count). The molecule has 4 nitrogen and oxygen atoms in total. The van der Waals surface area contributed by atoms with Crippen LogP contribution >= 0.6 is 0 Å². The van der Waals surface area contributed by atoms with Crippen molar-refractivity contribution in [1.29, 1.82) is 0 Å². The van der Waals surface area contributed by atoms with E-state index in [1.807, 2.05) is 36.4 Å². The second kappa shape index (κ2) is 11.9. The predicted octanol–water partition coefficient (Wildman–Crippen LogP) is 12.9. The summed E-state index contributed by atoms with van der Waals surface area (Å²) in [6, 6.07) is 66.3. The van der Waals surface area contributed by atoms with Crippen molar-refractivity contribution < 1.29 is 4.42 Å². The van der Waals surface area contributed by atoms with E-state index in [4.69, 9.17) is 9.40 Å². The number of para-hydroxylation sites is 2. The van der Waals surface area contributed by atoms with E-state index in [2.05, 4.69) is 161 Å². The van der Waals surface area contributed by atoms with Gasteiger partial charge in [0.2, 0.25) is 5.89 Å². The summed E-state index contributed by atoms with van der Waals surface area (Å²) in [6.45, 7) is 0. The molecular weight excluding hydrogens is 623 g/mol. The van der Waals surface area contributed by atoms with Crippen LogP contribution in [0.2, 0.25) is 0 Å². The fourth-order valence-electron chi connectivity index (χ4n) is 7.46. The lowest BCUT2D eigenvalue weighted by molar-refractivity contribution is 0.620.